The molecule has 1 aromatic carbocycles. The number of halogens is 2. The van der Waals surface area contributed by atoms with Crippen molar-refractivity contribution >= 4 is 35.0 Å². The number of aromatic nitrogens is 2. The second kappa shape index (κ2) is 8.09. The molecule has 1 spiro atoms. The van der Waals surface area contributed by atoms with Gasteiger partial charge in [-0.05, 0) is 61.1 Å². The maximum atomic E-state index is 12.7. The number of Topliss-reactive ketones (excluding diaryl/α,β-unsaturated/α-hetero) is 1. The molecule has 3 heterocycles. The van der Waals surface area contributed by atoms with Crippen molar-refractivity contribution < 1.29 is 9.59 Å². The predicted molar refractivity (Wildman–Crippen MR) is 113 cm³/mol. The van der Waals surface area contributed by atoms with Gasteiger partial charge in [0, 0.05) is 49.3 Å². The molecule has 29 heavy (non-hydrogen) atoms. The average Bonchev–Trinajstić information content (AvgIpc) is 3.29. The third kappa shape index (κ3) is 4.49. The van der Waals surface area contributed by atoms with Crippen molar-refractivity contribution in [2.75, 3.05) is 26.2 Å². The van der Waals surface area contributed by atoms with Crippen LogP contribution in [0.3, 0.4) is 0 Å². The van der Waals surface area contributed by atoms with E-state index < -0.39 is 0 Å². The Hall–Kier alpha value is -1.89. The second-order valence-corrected chi connectivity index (χ2v) is 9.08. The molecule has 0 unspecified atom stereocenters. The van der Waals surface area contributed by atoms with Crippen molar-refractivity contribution in [3.8, 4) is 0 Å². The number of benzene rings is 1. The smallest absolute Gasteiger partial charge is 0.323 e. The van der Waals surface area contributed by atoms with E-state index in [-0.39, 0.29) is 17.2 Å². The quantitative estimate of drug-likeness (QED) is 0.673. The Morgan fingerprint density at radius 1 is 1.07 bits per heavy atom. The zero-order chi connectivity index (χ0) is 20.6. The van der Waals surface area contributed by atoms with Gasteiger partial charge in [0.25, 0.3) is 0 Å². The minimum atomic E-state index is -0.157. The van der Waals surface area contributed by atoms with E-state index in [1.165, 1.54) is 11.6 Å². The Morgan fingerprint density at radius 3 is 2.34 bits per heavy atom. The largest absolute Gasteiger partial charge is 0.344 e. The lowest BCUT2D eigenvalue weighted by molar-refractivity contribution is 0.101. The lowest BCUT2D eigenvalue weighted by atomic mass is 9.78. The number of hydrogen-bond acceptors (Lipinski definition) is 4. The molecule has 1 amide bonds. The van der Waals surface area contributed by atoms with Gasteiger partial charge in [-0.15, -0.1) is 0 Å². The summed E-state index contributed by atoms with van der Waals surface area (Å²) >= 11 is 12.3. The normalized spacial score (nSPS) is 19.1. The summed E-state index contributed by atoms with van der Waals surface area (Å²) in [5.41, 5.74) is 1.71. The van der Waals surface area contributed by atoms with E-state index in [0.717, 1.165) is 44.5 Å². The SMILES string of the molecule is CC(=O)c1ccn(C(=O)N2CCC3(CCN(Cc4cc(Cl)cc(Cl)c4)C3)CC2)n1. The molecule has 8 heteroatoms. The summed E-state index contributed by atoms with van der Waals surface area (Å²) in [5, 5.41) is 5.43. The highest BCUT2D eigenvalue weighted by molar-refractivity contribution is 6.34. The van der Waals surface area contributed by atoms with Gasteiger partial charge in [0.1, 0.15) is 5.69 Å². The van der Waals surface area contributed by atoms with Crippen molar-refractivity contribution in [3.05, 3.63) is 51.8 Å². The molecule has 0 radical (unpaired) electrons. The maximum absolute atomic E-state index is 12.7. The van der Waals surface area contributed by atoms with Crippen LogP contribution < -0.4 is 0 Å². The van der Waals surface area contributed by atoms with Gasteiger partial charge in [0.2, 0.25) is 0 Å². The standard InChI is InChI=1S/C21H24Cl2N4O2/c1-15(28)19-2-6-27(24-19)20(29)26-8-4-21(5-9-26)3-7-25(14-21)13-16-10-17(22)12-18(23)11-16/h2,6,10-12H,3-5,7-9,13-14H2,1H3. The molecule has 2 fully saturated rings. The molecule has 4 rings (SSSR count). The molecule has 0 bridgehead atoms. The molecule has 6 nitrogen and oxygen atoms in total. The number of hydrogen-bond donors (Lipinski definition) is 0. The van der Waals surface area contributed by atoms with Crippen molar-refractivity contribution in [1.29, 1.82) is 0 Å². The van der Waals surface area contributed by atoms with Crippen molar-refractivity contribution in [2.45, 2.75) is 32.7 Å². The van der Waals surface area contributed by atoms with Crippen LogP contribution >= 0.6 is 23.2 Å². The molecule has 2 saturated heterocycles. The van der Waals surface area contributed by atoms with Gasteiger partial charge in [0.05, 0.1) is 0 Å². The lowest BCUT2D eigenvalue weighted by Gasteiger charge is -2.39. The Balaban J connectivity index is 1.34. The number of amides is 1. The molecular weight excluding hydrogens is 411 g/mol. The lowest BCUT2D eigenvalue weighted by Crippen LogP contribution is -2.45. The number of carbonyl (C=O) groups excluding carboxylic acids is 2. The highest BCUT2D eigenvalue weighted by atomic mass is 35.5. The van der Waals surface area contributed by atoms with Gasteiger partial charge in [-0.1, -0.05) is 23.2 Å². The molecule has 154 valence electrons. The molecule has 0 saturated carbocycles. The van der Waals surface area contributed by atoms with E-state index >= 15 is 0 Å². The third-order valence-electron chi connectivity index (χ3n) is 6.09. The summed E-state index contributed by atoms with van der Waals surface area (Å²) in [4.78, 5) is 28.4. The Morgan fingerprint density at radius 2 is 1.72 bits per heavy atom. The number of rotatable bonds is 3. The summed E-state index contributed by atoms with van der Waals surface area (Å²) < 4.78 is 1.28. The topological polar surface area (TPSA) is 58.4 Å². The first-order chi connectivity index (χ1) is 13.8. The molecule has 2 aliphatic rings. The minimum Gasteiger partial charge on any atom is -0.323 e. The van der Waals surface area contributed by atoms with E-state index in [0.29, 0.717) is 28.8 Å². The second-order valence-electron chi connectivity index (χ2n) is 8.21. The fourth-order valence-corrected chi connectivity index (χ4v) is 5.04. The molecule has 0 atom stereocenters. The van der Waals surface area contributed by atoms with Crippen LogP contribution in [0.5, 0.6) is 0 Å². The third-order valence-corrected chi connectivity index (χ3v) is 6.52. The van der Waals surface area contributed by atoms with Crippen LogP contribution in [-0.4, -0.2) is 57.6 Å². The van der Waals surface area contributed by atoms with E-state index in [2.05, 4.69) is 10.00 Å². The molecule has 2 aromatic rings. The monoisotopic (exact) mass is 434 g/mol. The van der Waals surface area contributed by atoms with Crippen LogP contribution in [0, 0.1) is 5.41 Å². The van der Waals surface area contributed by atoms with Crippen LogP contribution in [0.1, 0.15) is 42.2 Å². The van der Waals surface area contributed by atoms with Gasteiger partial charge < -0.3 is 4.90 Å². The number of piperidine rings is 1. The van der Waals surface area contributed by atoms with Gasteiger partial charge in [-0.3, -0.25) is 9.69 Å². The summed E-state index contributed by atoms with van der Waals surface area (Å²) in [7, 11) is 0. The fourth-order valence-electron chi connectivity index (χ4n) is 4.47. The fraction of sp³-hybridized carbons (Fsp3) is 0.476. The van der Waals surface area contributed by atoms with E-state index in [1.54, 1.807) is 18.3 Å². The van der Waals surface area contributed by atoms with Crippen molar-refractivity contribution in [1.82, 2.24) is 19.6 Å². The first-order valence-electron chi connectivity index (χ1n) is 9.87. The molecule has 2 aliphatic heterocycles. The number of carbonyl (C=O) groups is 2. The summed E-state index contributed by atoms with van der Waals surface area (Å²) in [6.07, 6.45) is 4.66. The van der Waals surface area contributed by atoms with Crippen LogP contribution in [0.15, 0.2) is 30.5 Å². The molecule has 0 N–H and O–H groups in total. The minimum absolute atomic E-state index is 0.138. The molecule has 1 aromatic heterocycles. The Bertz CT molecular complexity index is 914. The molecular formula is C21H24Cl2N4O2. The highest BCUT2D eigenvalue weighted by Gasteiger charge is 2.41. The number of ketones is 1. The first kappa shape index (κ1) is 20.4. The summed E-state index contributed by atoms with van der Waals surface area (Å²) in [5.74, 6) is -0.138. The van der Waals surface area contributed by atoms with E-state index in [4.69, 9.17) is 23.2 Å². The van der Waals surface area contributed by atoms with Crippen LogP contribution in [0.25, 0.3) is 0 Å². The van der Waals surface area contributed by atoms with Crippen LogP contribution in [-0.2, 0) is 6.54 Å². The van der Waals surface area contributed by atoms with Crippen molar-refractivity contribution in [2.24, 2.45) is 5.41 Å². The highest BCUT2D eigenvalue weighted by Crippen LogP contribution is 2.41. The summed E-state index contributed by atoms with van der Waals surface area (Å²) in [6, 6.07) is 7.13. The maximum Gasteiger partial charge on any atom is 0.344 e. The zero-order valence-electron chi connectivity index (χ0n) is 16.4. The van der Waals surface area contributed by atoms with Crippen LogP contribution in [0.4, 0.5) is 4.79 Å². The molecule has 0 aliphatic carbocycles. The van der Waals surface area contributed by atoms with Gasteiger partial charge in [0.15, 0.2) is 5.78 Å². The van der Waals surface area contributed by atoms with Crippen molar-refractivity contribution in [3.63, 3.8) is 0 Å². The number of likely N-dealkylation sites (tertiary alicyclic amines) is 2. The summed E-state index contributed by atoms with van der Waals surface area (Å²) in [6.45, 7) is 5.78. The average molecular weight is 435 g/mol. The van der Waals surface area contributed by atoms with Gasteiger partial charge in [-0.25, -0.2) is 4.79 Å². The zero-order valence-corrected chi connectivity index (χ0v) is 17.9. The van der Waals surface area contributed by atoms with Gasteiger partial charge >= 0.3 is 6.03 Å². The first-order valence-corrected chi connectivity index (χ1v) is 10.6. The van der Waals surface area contributed by atoms with E-state index in [1.807, 2.05) is 17.0 Å². The van der Waals surface area contributed by atoms with Crippen LogP contribution in [0.2, 0.25) is 10.0 Å². The predicted octanol–water partition coefficient (Wildman–Crippen LogP) is 4.35. The van der Waals surface area contributed by atoms with E-state index in [9.17, 15) is 9.59 Å². The number of nitrogens with zero attached hydrogens (tertiary/aromatic N) is 4. The van der Waals surface area contributed by atoms with Gasteiger partial charge in [-0.2, -0.15) is 9.78 Å². The Kier molecular flexibility index (Phi) is 5.69. The Labute approximate surface area is 180 Å².